The van der Waals surface area contributed by atoms with Crippen LogP contribution in [0.25, 0.3) is 12.2 Å². The Bertz CT molecular complexity index is 753. The van der Waals surface area contributed by atoms with Crippen molar-refractivity contribution in [3.05, 3.63) is 77.4 Å². The number of allylic oxidation sites excluding steroid dienone is 1. The van der Waals surface area contributed by atoms with Gasteiger partial charge in [0, 0.05) is 11.1 Å². The van der Waals surface area contributed by atoms with Crippen molar-refractivity contribution in [1.82, 2.24) is 0 Å². The Labute approximate surface area is 130 Å². The van der Waals surface area contributed by atoms with Crippen LogP contribution in [0.5, 0.6) is 5.75 Å². The molecular weight excluding hydrogens is 272 g/mol. The van der Waals surface area contributed by atoms with Gasteiger partial charge in [-0.25, -0.2) is 0 Å². The molecule has 0 fully saturated rings. The van der Waals surface area contributed by atoms with Gasteiger partial charge >= 0.3 is 0 Å². The highest BCUT2D eigenvalue weighted by Gasteiger charge is 2.21. The van der Waals surface area contributed by atoms with Crippen LogP contribution in [0.1, 0.15) is 35.3 Å². The van der Waals surface area contributed by atoms with Crippen LogP contribution >= 0.6 is 0 Å². The highest BCUT2D eigenvalue weighted by atomic mass is 16.5. The summed E-state index contributed by atoms with van der Waals surface area (Å²) in [7, 11) is 0. The molecule has 3 rings (SSSR count). The van der Waals surface area contributed by atoms with Gasteiger partial charge in [0.25, 0.3) is 0 Å². The fourth-order valence-electron chi connectivity index (χ4n) is 2.37. The van der Waals surface area contributed by atoms with E-state index < -0.39 is 0 Å². The summed E-state index contributed by atoms with van der Waals surface area (Å²) in [6.45, 7) is 4.02. The second-order valence-corrected chi connectivity index (χ2v) is 5.90. The van der Waals surface area contributed by atoms with E-state index in [1.807, 2.05) is 80.6 Å². The Morgan fingerprint density at radius 3 is 2.64 bits per heavy atom. The molecule has 1 aliphatic rings. The molecule has 0 aromatic heterocycles. The molecule has 2 aromatic carbocycles. The topological polar surface area (TPSA) is 26.3 Å². The highest BCUT2D eigenvalue weighted by Crippen LogP contribution is 2.31. The highest BCUT2D eigenvalue weighted by molar-refractivity contribution is 6.07. The maximum absolute atomic E-state index is 12.3. The van der Waals surface area contributed by atoms with Gasteiger partial charge in [-0.15, -0.1) is 0 Å². The van der Waals surface area contributed by atoms with E-state index >= 15 is 0 Å². The van der Waals surface area contributed by atoms with E-state index in [-0.39, 0.29) is 11.4 Å². The number of ketones is 1. The summed E-state index contributed by atoms with van der Waals surface area (Å²) >= 11 is 0. The van der Waals surface area contributed by atoms with Crippen LogP contribution in [-0.4, -0.2) is 11.4 Å². The molecule has 1 heterocycles. The SMILES string of the molecule is CC1(C)C=Cc2cc(C(=O)/C=C/c3ccccc3)ccc2O1. The number of carbonyl (C=O) groups excluding carboxylic acids is 1. The Kier molecular flexibility index (Phi) is 3.68. The molecule has 0 atom stereocenters. The molecule has 1 aliphatic heterocycles. The predicted molar refractivity (Wildman–Crippen MR) is 90.0 cm³/mol. The zero-order chi connectivity index (χ0) is 15.6. The lowest BCUT2D eigenvalue weighted by atomic mass is 9.99. The van der Waals surface area contributed by atoms with Gasteiger partial charge in [0.15, 0.2) is 5.78 Å². The average molecular weight is 290 g/mol. The summed E-state index contributed by atoms with van der Waals surface area (Å²) in [6.07, 6.45) is 7.45. The number of carbonyl (C=O) groups is 1. The number of ether oxygens (including phenoxy) is 1. The first-order valence-corrected chi connectivity index (χ1v) is 7.33. The molecule has 0 bridgehead atoms. The Hall–Kier alpha value is -2.61. The predicted octanol–water partition coefficient (Wildman–Crippen LogP) is 4.77. The first-order valence-electron chi connectivity index (χ1n) is 7.33. The first kappa shape index (κ1) is 14.3. The van der Waals surface area contributed by atoms with Crippen LogP contribution in [0.3, 0.4) is 0 Å². The monoisotopic (exact) mass is 290 g/mol. The molecule has 2 heteroatoms. The molecule has 0 saturated carbocycles. The minimum Gasteiger partial charge on any atom is -0.483 e. The van der Waals surface area contributed by atoms with Gasteiger partial charge in [0.1, 0.15) is 11.4 Å². The molecule has 0 saturated heterocycles. The minimum atomic E-state index is -0.300. The molecule has 0 aliphatic carbocycles. The van der Waals surface area contributed by atoms with E-state index in [2.05, 4.69) is 0 Å². The molecule has 22 heavy (non-hydrogen) atoms. The van der Waals surface area contributed by atoms with Gasteiger partial charge in [0.05, 0.1) is 0 Å². The largest absolute Gasteiger partial charge is 0.483 e. The third kappa shape index (κ3) is 3.17. The van der Waals surface area contributed by atoms with Crippen molar-refractivity contribution in [1.29, 1.82) is 0 Å². The van der Waals surface area contributed by atoms with Crippen molar-refractivity contribution in [3.8, 4) is 5.75 Å². The fourth-order valence-corrected chi connectivity index (χ4v) is 2.37. The van der Waals surface area contributed by atoms with Crippen LogP contribution in [0.4, 0.5) is 0 Å². The van der Waals surface area contributed by atoms with E-state index in [1.54, 1.807) is 6.08 Å². The summed E-state index contributed by atoms with van der Waals surface area (Å²) in [5.41, 5.74) is 2.32. The van der Waals surface area contributed by atoms with Gasteiger partial charge in [-0.05, 0) is 49.8 Å². The molecule has 110 valence electrons. The van der Waals surface area contributed by atoms with Gasteiger partial charge in [-0.3, -0.25) is 4.79 Å². The normalized spacial score (nSPS) is 15.4. The molecule has 2 aromatic rings. The smallest absolute Gasteiger partial charge is 0.185 e. The molecule has 0 spiro atoms. The molecule has 0 radical (unpaired) electrons. The lowest BCUT2D eigenvalue weighted by molar-refractivity contribution is 0.104. The zero-order valence-corrected chi connectivity index (χ0v) is 12.7. The van der Waals surface area contributed by atoms with Gasteiger partial charge < -0.3 is 4.74 Å². The Balaban J connectivity index is 1.81. The van der Waals surface area contributed by atoms with Crippen LogP contribution in [0.15, 0.2) is 60.7 Å². The number of hydrogen-bond acceptors (Lipinski definition) is 2. The van der Waals surface area contributed by atoms with E-state index in [9.17, 15) is 4.79 Å². The molecule has 2 nitrogen and oxygen atoms in total. The second kappa shape index (κ2) is 5.64. The lowest BCUT2D eigenvalue weighted by Gasteiger charge is -2.27. The molecule has 0 N–H and O–H groups in total. The van der Waals surface area contributed by atoms with Crippen molar-refractivity contribution in [2.24, 2.45) is 0 Å². The third-order valence-corrected chi connectivity index (χ3v) is 3.56. The lowest BCUT2D eigenvalue weighted by Crippen LogP contribution is -2.27. The van der Waals surface area contributed by atoms with Gasteiger partial charge in [-0.1, -0.05) is 42.5 Å². The molecule has 0 unspecified atom stereocenters. The fraction of sp³-hybridized carbons (Fsp3) is 0.150. The van der Waals surface area contributed by atoms with Gasteiger partial charge in [-0.2, -0.15) is 0 Å². The van der Waals surface area contributed by atoms with Crippen molar-refractivity contribution < 1.29 is 9.53 Å². The first-order chi connectivity index (χ1) is 10.5. The van der Waals surface area contributed by atoms with E-state index in [0.717, 1.165) is 16.9 Å². The summed E-state index contributed by atoms with van der Waals surface area (Å²) in [5.74, 6) is 0.806. The third-order valence-electron chi connectivity index (χ3n) is 3.56. The van der Waals surface area contributed by atoms with E-state index in [0.29, 0.717) is 5.56 Å². The number of rotatable bonds is 3. The van der Waals surface area contributed by atoms with Crippen LogP contribution < -0.4 is 4.74 Å². The standard InChI is InChI=1S/C20H18O2/c1-20(2)13-12-17-14-16(9-11-19(17)22-20)18(21)10-8-15-6-4-3-5-7-15/h3-14H,1-2H3/b10-8+. The number of hydrogen-bond donors (Lipinski definition) is 0. The summed E-state index contributed by atoms with van der Waals surface area (Å²) in [4.78, 5) is 12.3. The van der Waals surface area contributed by atoms with Crippen LogP contribution in [0.2, 0.25) is 0 Å². The van der Waals surface area contributed by atoms with Crippen LogP contribution in [0, 0.1) is 0 Å². The van der Waals surface area contributed by atoms with Crippen molar-refractivity contribution in [2.45, 2.75) is 19.4 Å². The second-order valence-electron chi connectivity index (χ2n) is 5.90. The summed E-state index contributed by atoms with van der Waals surface area (Å²) in [5, 5.41) is 0. The Morgan fingerprint density at radius 2 is 1.86 bits per heavy atom. The maximum Gasteiger partial charge on any atom is 0.185 e. The zero-order valence-electron chi connectivity index (χ0n) is 12.7. The van der Waals surface area contributed by atoms with Gasteiger partial charge in [0.2, 0.25) is 0 Å². The summed E-state index contributed by atoms with van der Waals surface area (Å²) < 4.78 is 5.87. The average Bonchev–Trinajstić information content (AvgIpc) is 2.52. The van der Waals surface area contributed by atoms with Crippen LogP contribution in [-0.2, 0) is 0 Å². The maximum atomic E-state index is 12.3. The van der Waals surface area contributed by atoms with E-state index in [4.69, 9.17) is 4.74 Å². The Morgan fingerprint density at radius 1 is 1.09 bits per heavy atom. The van der Waals surface area contributed by atoms with E-state index in [1.165, 1.54) is 0 Å². The molecular formula is C20H18O2. The number of fused-ring (bicyclic) bond motifs is 1. The summed E-state index contributed by atoms with van der Waals surface area (Å²) in [6, 6.07) is 15.3. The minimum absolute atomic E-state index is 0.00936. The number of benzene rings is 2. The van der Waals surface area contributed by atoms with Crippen molar-refractivity contribution in [2.75, 3.05) is 0 Å². The van der Waals surface area contributed by atoms with Crippen molar-refractivity contribution >= 4 is 17.9 Å². The molecule has 0 amide bonds. The quantitative estimate of drug-likeness (QED) is 0.601. The van der Waals surface area contributed by atoms with Crippen molar-refractivity contribution in [3.63, 3.8) is 0 Å².